The Morgan fingerprint density at radius 2 is 1.87 bits per heavy atom. The lowest BCUT2D eigenvalue weighted by atomic mass is 10.1. The van der Waals surface area contributed by atoms with Crippen molar-refractivity contribution in [2.75, 3.05) is 27.9 Å². The van der Waals surface area contributed by atoms with E-state index in [-0.39, 0.29) is 24.6 Å². The lowest BCUT2D eigenvalue weighted by Gasteiger charge is -2.12. The van der Waals surface area contributed by atoms with Crippen molar-refractivity contribution in [3.63, 3.8) is 0 Å². The van der Waals surface area contributed by atoms with Crippen molar-refractivity contribution in [3.05, 3.63) is 64.7 Å². The van der Waals surface area contributed by atoms with Gasteiger partial charge in [0.2, 0.25) is 11.7 Å². The molecule has 1 amide bonds. The molecule has 31 heavy (non-hydrogen) atoms. The van der Waals surface area contributed by atoms with Gasteiger partial charge in [-0.2, -0.15) is 5.10 Å². The van der Waals surface area contributed by atoms with Crippen molar-refractivity contribution < 1.29 is 19.0 Å². The van der Waals surface area contributed by atoms with Crippen molar-refractivity contribution >= 4 is 12.0 Å². The Hall–Kier alpha value is -4.08. The predicted molar refractivity (Wildman–Crippen MR) is 114 cm³/mol. The third-order valence-electron chi connectivity index (χ3n) is 4.33. The SMILES string of the molecule is COc1cc(/C=C/C(=O)NCCn2nc(-n3cccn3)ccc2=O)cc(OC)c1OC. The van der Waals surface area contributed by atoms with Gasteiger partial charge < -0.3 is 19.5 Å². The molecule has 0 fully saturated rings. The molecular formula is C21H23N5O5. The molecule has 0 atom stereocenters. The Morgan fingerprint density at radius 3 is 2.48 bits per heavy atom. The molecule has 0 unspecified atom stereocenters. The summed E-state index contributed by atoms with van der Waals surface area (Å²) in [7, 11) is 4.57. The molecule has 1 aromatic carbocycles. The van der Waals surface area contributed by atoms with E-state index in [1.54, 1.807) is 47.4 Å². The van der Waals surface area contributed by atoms with Gasteiger partial charge in [-0.15, -0.1) is 5.10 Å². The topological polar surface area (TPSA) is 110 Å². The van der Waals surface area contributed by atoms with Gasteiger partial charge in [-0.3, -0.25) is 9.59 Å². The maximum atomic E-state index is 12.2. The summed E-state index contributed by atoms with van der Waals surface area (Å²) in [5.41, 5.74) is 0.438. The number of methoxy groups -OCH3 is 3. The van der Waals surface area contributed by atoms with E-state index >= 15 is 0 Å². The fourth-order valence-electron chi connectivity index (χ4n) is 2.84. The molecule has 2 aromatic heterocycles. The molecule has 2 heterocycles. The van der Waals surface area contributed by atoms with Crippen LogP contribution in [0, 0.1) is 0 Å². The van der Waals surface area contributed by atoms with Crippen molar-refractivity contribution in [1.82, 2.24) is 24.9 Å². The van der Waals surface area contributed by atoms with E-state index in [4.69, 9.17) is 14.2 Å². The predicted octanol–water partition coefficient (Wildman–Crippen LogP) is 1.28. The standard InChI is InChI=1S/C21H23N5O5/c1-29-16-13-15(14-17(30-2)21(16)31-3)5-7-19(27)22-10-12-26-20(28)8-6-18(24-26)25-11-4-9-23-25/h4-9,11,13-14H,10,12H2,1-3H3,(H,22,27)/b7-5+. The molecule has 3 aromatic rings. The van der Waals surface area contributed by atoms with Crippen molar-refractivity contribution in [2.45, 2.75) is 6.54 Å². The fraction of sp³-hybridized carbons (Fsp3) is 0.238. The highest BCUT2D eigenvalue weighted by atomic mass is 16.5. The second-order valence-corrected chi connectivity index (χ2v) is 6.29. The number of nitrogens with zero attached hydrogens (tertiary/aromatic N) is 4. The van der Waals surface area contributed by atoms with Gasteiger partial charge in [0.25, 0.3) is 5.56 Å². The quantitative estimate of drug-likeness (QED) is 0.515. The summed E-state index contributed by atoms with van der Waals surface area (Å²) in [6.45, 7) is 0.450. The molecular weight excluding hydrogens is 402 g/mol. The van der Waals surface area contributed by atoms with E-state index < -0.39 is 0 Å². The Morgan fingerprint density at radius 1 is 1.13 bits per heavy atom. The van der Waals surface area contributed by atoms with Gasteiger partial charge in [0.1, 0.15) is 0 Å². The number of benzene rings is 1. The normalized spacial score (nSPS) is 10.8. The highest BCUT2D eigenvalue weighted by Crippen LogP contribution is 2.38. The van der Waals surface area contributed by atoms with Crippen LogP contribution >= 0.6 is 0 Å². The van der Waals surface area contributed by atoms with Crippen LogP contribution in [0.4, 0.5) is 0 Å². The lowest BCUT2D eigenvalue weighted by molar-refractivity contribution is -0.116. The van der Waals surface area contributed by atoms with E-state index in [1.165, 1.54) is 38.2 Å². The van der Waals surface area contributed by atoms with Gasteiger partial charge >= 0.3 is 0 Å². The molecule has 0 saturated carbocycles. The third kappa shape index (κ3) is 5.30. The van der Waals surface area contributed by atoms with Crippen LogP contribution in [-0.4, -0.2) is 53.3 Å². The van der Waals surface area contributed by atoms with Crippen LogP contribution < -0.4 is 25.1 Å². The van der Waals surface area contributed by atoms with Gasteiger partial charge in [0, 0.05) is 31.1 Å². The number of hydrogen-bond donors (Lipinski definition) is 1. The first kappa shape index (κ1) is 21.6. The summed E-state index contributed by atoms with van der Waals surface area (Å²) in [5.74, 6) is 1.65. The number of carbonyl (C=O) groups excluding carboxylic acids is 1. The van der Waals surface area contributed by atoms with Crippen LogP contribution in [0.3, 0.4) is 0 Å². The molecule has 0 spiro atoms. The van der Waals surface area contributed by atoms with Gasteiger partial charge in [-0.1, -0.05) is 0 Å². The first-order chi connectivity index (χ1) is 15.0. The first-order valence-corrected chi connectivity index (χ1v) is 9.40. The number of rotatable bonds is 9. The van der Waals surface area contributed by atoms with Crippen LogP contribution in [0.25, 0.3) is 11.9 Å². The fourth-order valence-corrected chi connectivity index (χ4v) is 2.84. The minimum atomic E-state index is -0.315. The van der Waals surface area contributed by atoms with Crippen LogP contribution in [-0.2, 0) is 11.3 Å². The Balaban J connectivity index is 1.62. The highest BCUT2D eigenvalue weighted by molar-refractivity contribution is 5.91. The van der Waals surface area contributed by atoms with Gasteiger partial charge in [-0.25, -0.2) is 9.36 Å². The van der Waals surface area contributed by atoms with Crippen LogP contribution in [0.15, 0.2) is 53.6 Å². The maximum absolute atomic E-state index is 12.2. The number of aromatic nitrogens is 4. The minimum Gasteiger partial charge on any atom is -0.493 e. The molecule has 10 nitrogen and oxygen atoms in total. The van der Waals surface area contributed by atoms with Gasteiger partial charge in [0.15, 0.2) is 17.3 Å². The molecule has 0 bridgehead atoms. The largest absolute Gasteiger partial charge is 0.493 e. The average molecular weight is 425 g/mol. The summed E-state index contributed by atoms with van der Waals surface area (Å²) in [6.07, 6.45) is 6.37. The second kappa shape index (κ2) is 10.1. The molecule has 0 aliphatic carbocycles. The van der Waals surface area contributed by atoms with Crippen molar-refractivity contribution in [3.8, 4) is 23.1 Å². The van der Waals surface area contributed by atoms with Gasteiger partial charge in [0.05, 0.1) is 27.9 Å². The Labute approximate surface area is 178 Å². The summed E-state index contributed by atoms with van der Waals surface area (Å²) in [5, 5.41) is 11.1. The molecule has 0 aliphatic rings. The molecule has 3 rings (SSSR count). The molecule has 162 valence electrons. The molecule has 0 aliphatic heterocycles. The summed E-state index contributed by atoms with van der Waals surface area (Å²) in [6, 6.07) is 8.23. The summed E-state index contributed by atoms with van der Waals surface area (Å²) >= 11 is 0. The number of carbonyl (C=O) groups is 1. The van der Waals surface area contributed by atoms with Gasteiger partial charge in [-0.05, 0) is 35.9 Å². The van der Waals surface area contributed by atoms with E-state index in [0.717, 1.165) is 0 Å². The number of amides is 1. The number of nitrogens with one attached hydrogen (secondary N) is 1. The van der Waals surface area contributed by atoms with E-state index in [1.807, 2.05) is 0 Å². The number of ether oxygens (including phenoxy) is 3. The zero-order valence-corrected chi connectivity index (χ0v) is 17.4. The minimum absolute atomic E-state index is 0.220. The average Bonchev–Trinajstić information content (AvgIpc) is 3.33. The summed E-state index contributed by atoms with van der Waals surface area (Å²) in [4.78, 5) is 24.2. The van der Waals surface area contributed by atoms with E-state index in [2.05, 4.69) is 15.5 Å². The molecule has 0 saturated heterocycles. The van der Waals surface area contributed by atoms with Crippen molar-refractivity contribution in [2.24, 2.45) is 0 Å². The smallest absolute Gasteiger partial charge is 0.266 e. The lowest BCUT2D eigenvalue weighted by Crippen LogP contribution is -2.31. The highest BCUT2D eigenvalue weighted by Gasteiger charge is 2.12. The maximum Gasteiger partial charge on any atom is 0.266 e. The summed E-state index contributed by atoms with van der Waals surface area (Å²) < 4.78 is 18.7. The monoisotopic (exact) mass is 425 g/mol. The second-order valence-electron chi connectivity index (χ2n) is 6.29. The first-order valence-electron chi connectivity index (χ1n) is 9.40. The Kier molecular flexibility index (Phi) is 7.05. The zero-order valence-electron chi connectivity index (χ0n) is 17.4. The van der Waals surface area contributed by atoms with E-state index in [9.17, 15) is 9.59 Å². The van der Waals surface area contributed by atoms with Crippen molar-refractivity contribution in [1.29, 1.82) is 0 Å². The van der Waals surface area contributed by atoms with Crippen LogP contribution in [0.5, 0.6) is 17.2 Å². The Bertz CT molecular complexity index is 1100. The number of hydrogen-bond acceptors (Lipinski definition) is 7. The molecule has 1 N–H and O–H groups in total. The molecule has 0 radical (unpaired) electrons. The van der Waals surface area contributed by atoms with Crippen LogP contribution in [0.1, 0.15) is 5.56 Å². The third-order valence-corrected chi connectivity index (χ3v) is 4.33. The van der Waals surface area contributed by atoms with E-state index in [0.29, 0.717) is 28.6 Å². The van der Waals surface area contributed by atoms with Crippen LogP contribution in [0.2, 0.25) is 0 Å². The molecule has 10 heteroatoms. The zero-order chi connectivity index (χ0) is 22.2.